The second-order valence-corrected chi connectivity index (χ2v) is 3.73. The first kappa shape index (κ1) is 11.3. The number of benzene rings is 1. The number of hydrogen-bond acceptors (Lipinski definition) is 4. The molecule has 0 fully saturated rings. The Morgan fingerprint density at radius 1 is 1.53 bits per heavy atom. The van der Waals surface area contributed by atoms with E-state index >= 15 is 0 Å². The molecule has 5 nitrogen and oxygen atoms in total. The van der Waals surface area contributed by atoms with Crippen molar-refractivity contribution < 1.29 is 9.84 Å². The van der Waals surface area contributed by atoms with Gasteiger partial charge in [0, 0.05) is 5.39 Å². The van der Waals surface area contributed by atoms with Crippen molar-refractivity contribution in [3.05, 3.63) is 33.1 Å². The van der Waals surface area contributed by atoms with Crippen molar-refractivity contribution in [2.45, 2.75) is 0 Å². The number of pyridine rings is 1. The Bertz CT molecular complexity index is 700. The lowest BCUT2D eigenvalue weighted by atomic mass is 10.1. The molecule has 17 heavy (non-hydrogen) atoms. The first-order valence-electron chi connectivity index (χ1n) is 4.61. The van der Waals surface area contributed by atoms with E-state index in [0.29, 0.717) is 21.7 Å². The Labute approximate surface area is 101 Å². The van der Waals surface area contributed by atoms with Crippen molar-refractivity contribution in [1.82, 2.24) is 4.98 Å². The van der Waals surface area contributed by atoms with E-state index in [1.165, 1.54) is 19.2 Å². The summed E-state index contributed by atoms with van der Waals surface area (Å²) >= 11 is 5.89. The molecule has 0 bridgehead atoms. The summed E-state index contributed by atoms with van der Waals surface area (Å²) < 4.78 is 4.99. The molecule has 0 radical (unpaired) electrons. The van der Waals surface area contributed by atoms with Gasteiger partial charge in [0.1, 0.15) is 17.6 Å². The van der Waals surface area contributed by atoms with Crippen molar-refractivity contribution in [1.29, 1.82) is 5.26 Å². The minimum absolute atomic E-state index is 0.305. The van der Waals surface area contributed by atoms with Crippen LogP contribution in [0.3, 0.4) is 0 Å². The van der Waals surface area contributed by atoms with Crippen LogP contribution in [-0.4, -0.2) is 17.2 Å². The number of H-pyrrole nitrogens is 1. The Morgan fingerprint density at radius 2 is 2.24 bits per heavy atom. The van der Waals surface area contributed by atoms with E-state index in [4.69, 9.17) is 21.6 Å². The van der Waals surface area contributed by atoms with Crippen LogP contribution in [0.2, 0.25) is 5.02 Å². The summed E-state index contributed by atoms with van der Waals surface area (Å²) in [7, 11) is 1.43. The molecular weight excluding hydrogens is 244 g/mol. The molecule has 1 aromatic carbocycles. The van der Waals surface area contributed by atoms with Crippen molar-refractivity contribution in [3.63, 3.8) is 0 Å². The molecule has 2 rings (SSSR count). The summed E-state index contributed by atoms with van der Waals surface area (Å²) in [6, 6.07) is 4.56. The highest BCUT2D eigenvalue weighted by molar-refractivity contribution is 6.32. The van der Waals surface area contributed by atoms with Crippen molar-refractivity contribution in [3.8, 4) is 17.6 Å². The molecule has 86 valence electrons. The van der Waals surface area contributed by atoms with E-state index in [1.54, 1.807) is 6.07 Å². The lowest BCUT2D eigenvalue weighted by molar-refractivity contribution is 0.415. The number of halogens is 1. The first-order chi connectivity index (χ1) is 8.08. The van der Waals surface area contributed by atoms with Gasteiger partial charge in [-0.05, 0) is 12.1 Å². The van der Waals surface area contributed by atoms with E-state index < -0.39 is 5.56 Å². The zero-order valence-corrected chi connectivity index (χ0v) is 9.50. The van der Waals surface area contributed by atoms with Gasteiger partial charge < -0.3 is 14.8 Å². The summed E-state index contributed by atoms with van der Waals surface area (Å²) in [5.74, 6) is -0.0216. The predicted molar refractivity (Wildman–Crippen MR) is 62.5 cm³/mol. The van der Waals surface area contributed by atoms with Gasteiger partial charge in [0.15, 0.2) is 5.56 Å². The molecule has 0 atom stereocenters. The van der Waals surface area contributed by atoms with Crippen LogP contribution in [0.15, 0.2) is 16.9 Å². The average molecular weight is 251 g/mol. The molecule has 6 heteroatoms. The average Bonchev–Trinajstić information content (AvgIpc) is 2.29. The van der Waals surface area contributed by atoms with Crippen LogP contribution in [0.5, 0.6) is 11.5 Å². The maximum Gasteiger partial charge on any atom is 0.270 e. The molecule has 0 aliphatic heterocycles. The van der Waals surface area contributed by atoms with Crippen LogP contribution < -0.4 is 10.3 Å². The number of rotatable bonds is 1. The number of aromatic amines is 1. The van der Waals surface area contributed by atoms with Crippen LogP contribution in [0.25, 0.3) is 10.9 Å². The summed E-state index contributed by atoms with van der Waals surface area (Å²) in [5, 5.41) is 19.2. The number of aromatic nitrogens is 1. The standard InChI is InChI=1S/C11H7ClN2O3/c1-17-9-2-5-8(3-7(9)12)14-11(16)6(4-13)10(5)15/h2-3H,1H3,(H2,14,15,16). The number of nitrogens with one attached hydrogen (secondary N) is 1. The Balaban J connectivity index is 2.95. The Hall–Kier alpha value is -2.19. The lowest BCUT2D eigenvalue weighted by Crippen LogP contribution is -2.10. The largest absolute Gasteiger partial charge is 0.506 e. The van der Waals surface area contributed by atoms with Gasteiger partial charge in [-0.3, -0.25) is 4.79 Å². The summed E-state index contributed by atoms with van der Waals surface area (Å²) in [6.07, 6.45) is 0. The summed E-state index contributed by atoms with van der Waals surface area (Å²) in [4.78, 5) is 13.9. The molecule has 0 amide bonds. The molecule has 2 aromatic rings. The maximum atomic E-state index is 11.4. The number of ether oxygens (including phenoxy) is 1. The third kappa shape index (κ3) is 1.69. The quantitative estimate of drug-likeness (QED) is 0.808. The minimum Gasteiger partial charge on any atom is -0.506 e. The van der Waals surface area contributed by atoms with Crippen LogP contribution in [0, 0.1) is 11.3 Å². The molecule has 0 aliphatic rings. The van der Waals surface area contributed by atoms with E-state index in [-0.39, 0.29) is 11.3 Å². The zero-order chi connectivity index (χ0) is 12.6. The highest BCUT2D eigenvalue weighted by Gasteiger charge is 2.13. The third-order valence-corrected chi connectivity index (χ3v) is 2.67. The molecule has 0 aliphatic carbocycles. The highest BCUT2D eigenvalue weighted by atomic mass is 35.5. The second kappa shape index (κ2) is 4.00. The van der Waals surface area contributed by atoms with Gasteiger partial charge in [-0.2, -0.15) is 5.26 Å². The van der Waals surface area contributed by atoms with Crippen LogP contribution in [0.4, 0.5) is 0 Å². The fourth-order valence-electron chi connectivity index (χ4n) is 1.54. The number of fused-ring (bicyclic) bond motifs is 1. The van der Waals surface area contributed by atoms with Crippen molar-refractivity contribution >= 4 is 22.5 Å². The van der Waals surface area contributed by atoms with Gasteiger partial charge in [0.2, 0.25) is 0 Å². The molecule has 0 spiro atoms. The molecule has 0 saturated carbocycles. The van der Waals surface area contributed by atoms with Gasteiger partial charge in [-0.15, -0.1) is 0 Å². The predicted octanol–water partition coefficient (Wildman–Crippen LogP) is 1.77. The maximum absolute atomic E-state index is 11.4. The monoisotopic (exact) mass is 250 g/mol. The van der Waals surface area contributed by atoms with E-state index in [1.807, 2.05) is 0 Å². The minimum atomic E-state index is -0.654. The second-order valence-electron chi connectivity index (χ2n) is 3.32. The van der Waals surface area contributed by atoms with Crippen molar-refractivity contribution in [2.24, 2.45) is 0 Å². The number of aromatic hydroxyl groups is 1. The van der Waals surface area contributed by atoms with Gasteiger partial charge in [0.05, 0.1) is 17.6 Å². The normalized spacial score (nSPS) is 10.2. The van der Waals surface area contributed by atoms with Crippen molar-refractivity contribution in [2.75, 3.05) is 7.11 Å². The number of methoxy groups -OCH3 is 1. The third-order valence-electron chi connectivity index (χ3n) is 2.37. The SMILES string of the molecule is COc1cc2c(O)c(C#N)c(=O)[nH]c2cc1Cl. The molecule has 1 heterocycles. The number of nitrogens with zero attached hydrogens (tertiary/aromatic N) is 1. The molecule has 2 N–H and O–H groups in total. The lowest BCUT2D eigenvalue weighted by Gasteiger charge is -2.07. The van der Waals surface area contributed by atoms with Crippen LogP contribution >= 0.6 is 11.6 Å². The van der Waals surface area contributed by atoms with Crippen LogP contribution in [0.1, 0.15) is 5.56 Å². The number of nitriles is 1. The summed E-state index contributed by atoms with van der Waals surface area (Å²) in [6.45, 7) is 0. The molecule has 0 saturated heterocycles. The highest BCUT2D eigenvalue weighted by Crippen LogP contribution is 2.33. The molecule has 0 unspecified atom stereocenters. The topological polar surface area (TPSA) is 86.1 Å². The molecular formula is C11H7ClN2O3. The van der Waals surface area contributed by atoms with Gasteiger partial charge in [-0.25, -0.2) is 0 Å². The Morgan fingerprint density at radius 3 is 2.82 bits per heavy atom. The van der Waals surface area contributed by atoms with Gasteiger partial charge in [-0.1, -0.05) is 11.6 Å². The zero-order valence-electron chi connectivity index (χ0n) is 8.74. The van der Waals surface area contributed by atoms with E-state index in [2.05, 4.69) is 4.98 Å². The smallest absolute Gasteiger partial charge is 0.270 e. The van der Waals surface area contributed by atoms with Crippen LogP contribution in [-0.2, 0) is 0 Å². The fourth-order valence-corrected chi connectivity index (χ4v) is 1.78. The molecule has 1 aromatic heterocycles. The van der Waals surface area contributed by atoms with Gasteiger partial charge >= 0.3 is 0 Å². The van der Waals surface area contributed by atoms with E-state index in [9.17, 15) is 9.90 Å². The summed E-state index contributed by atoms with van der Waals surface area (Å²) in [5.41, 5.74) is -0.641. The Kier molecular flexibility index (Phi) is 2.66. The van der Waals surface area contributed by atoms with E-state index in [0.717, 1.165) is 0 Å². The first-order valence-corrected chi connectivity index (χ1v) is 4.99. The van der Waals surface area contributed by atoms with Gasteiger partial charge in [0.25, 0.3) is 5.56 Å². The number of hydrogen-bond donors (Lipinski definition) is 2. The fraction of sp³-hybridized carbons (Fsp3) is 0.0909.